The molecule has 0 saturated carbocycles. The largest absolute Gasteiger partial charge is 0.493 e. The van der Waals surface area contributed by atoms with Gasteiger partial charge in [-0.25, -0.2) is 18.1 Å². The number of nitrogen functional groups attached to an aromatic ring is 1. The molecule has 0 amide bonds. The monoisotopic (exact) mass is 305 g/mol. The summed E-state index contributed by atoms with van der Waals surface area (Å²) in [5, 5.41) is 0. The van der Waals surface area contributed by atoms with Crippen molar-refractivity contribution in [3.63, 3.8) is 0 Å². The van der Waals surface area contributed by atoms with E-state index >= 15 is 0 Å². The van der Waals surface area contributed by atoms with Crippen LogP contribution in [0.2, 0.25) is 0 Å². The zero-order chi connectivity index (χ0) is 14.9. The van der Waals surface area contributed by atoms with Crippen LogP contribution in [0.4, 0.5) is 5.82 Å². The number of para-hydroxylation sites is 1. The molecule has 1 aromatic heterocycles. The molecule has 2 aromatic rings. The fraction of sp³-hybridized carbons (Fsp3) is 0.214. The first-order valence-corrected chi connectivity index (χ1v) is 8.00. The third-order valence-corrected chi connectivity index (χ3v) is 4.79. The highest BCUT2D eigenvalue weighted by Crippen LogP contribution is 2.32. The quantitative estimate of drug-likeness (QED) is 0.895. The molecule has 1 unspecified atom stereocenters. The molecule has 0 spiro atoms. The van der Waals surface area contributed by atoms with Crippen LogP contribution in [-0.4, -0.2) is 20.0 Å². The van der Waals surface area contributed by atoms with Gasteiger partial charge in [-0.2, -0.15) is 0 Å². The fourth-order valence-corrected chi connectivity index (χ4v) is 3.59. The molecule has 7 heteroatoms. The SMILES string of the molecule is Nc1cc(S(=O)(=O)NC2CCOc3ccccc32)ccn1. The molecule has 0 radical (unpaired) electrons. The van der Waals surface area contributed by atoms with Crippen molar-refractivity contribution in [3.8, 4) is 5.75 Å². The first-order chi connectivity index (χ1) is 10.1. The van der Waals surface area contributed by atoms with Crippen LogP contribution in [0.1, 0.15) is 18.0 Å². The topological polar surface area (TPSA) is 94.3 Å². The lowest BCUT2D eigenvalue weighted by molar-refractivity contribution is 0.263. The van der Waals surface area contributed by atoms with E-state index in [1.165, 1.54) is 18.3 Å². The number of sulfonamides is 1. The minimum absolute atomic E-state index is 0.110. The van der Waals surface area contributed by atoms with Gasteiger partial charge in [-0.3, -0.25) is 0 Å². The Hall–Kier alpha value is -2.12. The Balaban J connectivity index is 1.90. The molecule has 1 aromatic carbocycles. The summed E-state index contributed by atoms with van der Waals surface area (Å²) in [6.07, 6.45) is 1.96. The highest BCUT2D eigenvalue weighted by molar-refractivity contribution is 7.89. The van der Waals surface area contributed by atoms with E-state index in [-0.39, 0.29) is 16.8 Å². The summed E-state index contributed by atoms with van der Waals surface area (Å²) in [6.45, 7) is 0.475. The molecule has 2 heterocycles. The Labute approximate surface area is 123 Å². The first-order valence-electron chi connectivity index (χ1n) is 6.52. The standard InChI is InChI=1S/C14H15N3O3S/c15-14-9-10(5-7-16-14)21(18,19)17-12-6-8-20-13-4-2-1-3-11(12)13/h1-5,7,9,12,17H,6,8H2,(H2,15,16). The number of pyridine rings is 1. The van der Waals surface area contributed by atoms with Crippen LogP contribution in [0.5, 0.6) is 5.75 Å². The normalized spacial score (nSPS) is 17.8. The van der Waals surface area contributed by atoms with Gasteiger partial charge in [0.05, 0.1) is 17.5 Å². The molecule has 0 bridgehead atoms. The minimum atomic E-state index is -3.65. The average Bonchev–Trinajstić information content (AvgIpc) is 2.47. The van der Waals surface area contributed by atoms with Crippen LogP contribution >= 0.6 is 0 Å². The number of aromatic nitrogens is 1. The van der Waals surface area contributed by atoms with E-state index in [0.29, 0.717) is 18.8 Å². The van der Waals surface area contributed by atoms with E-state index in [1.54, 1.807) is 0 Å². The predicted octanol–water partition coefficient (Wildman–Crippen LogP) is 1.47. The van der Waals surface area contributed by atoms with Crippen molar-refractivity contribution in [1.82, 2.24) is 9.71 Å². The second kappa shape index (κ2) is 5.34. The number of benzene rings is 1. The van der Waals surface area contributed by atoms with Gasteiger partial charge in [0.15, 0.2) is 0 Å². The molecule has 21 heavy (non-hydrogen) atoms. The van der Waals surface area contributed by atoms with E-state index < -0.39 is 10.0 Å². The average molecular weight is 305 g/mol. The van der Waals surface area contributed by atoms with Gasteiger partial charge in [0, 0.05) is 24.2 Å². The summed E-state index contributed by atoms with van der Waals surface area (Å²) in [5.41, 5.74) is 6.38. The Morgan fingerprint density at radius 1 is 1.29 bits per heavy atom. The van der Waals surface area contributed by atoms with Gasteiger partial charge in [-0.1, -0.05) is 18.2 Å². The molecule has 0 saturated heterocycles. The van der Waals surface area contributed by atoms with Crippen LogP contribution in [0.3, 0.4) is 0 Å². The second-order valence-corrected chi connectivity index (χ2v) is 6.48. The van der Waals surface area contributed by atoms with Crippen molar-refractivity contribution >= 4 is 15.8 Å². The lowest BCUT2D eigenvalue weighted by atomic mass is 10.0. The lowest BCUT2D eigenvalue weighted by Gasteiger charge is -2.26. The van der Waals surface area contributed by atoms with E-state index in [4.69, 9.17) is 10.5 Å². The summed E-state index contributed by atoms with van der Waals surface area (Å²) < 4.78 is 33.1. The molecular weight excluding hydrogens is 290 g/mol. The summed E-state index contributed by atoms with van der Waals surface area (Å²) in [4.78, 5) is 3.91. The number of rotatable bonds is 3. The Kier molecular flexibility index (Phi) is 3.52. The number of nitrogens with zero attached hydrogens (tertiary/aromatic N) is 1. The Morgan fingerprint density at radius 3 is 2.90 bits per heavy atom. The summed E-state index contributed by atoms with van der Waals surface area (Å²) >= 11 is 0. The van der Waals surface area contributed by atoms with Crippen molar-refractivity contribution in [3.05, 3.63) is 48.2 Å². The minimum Gasteiger partial charge on any atom is -0.493 e. The number of fused-ring (bicyclic) bond motifs is 1. The van der Waals surface area contributed by atoms with Gasteiger partial charge in [0.25, 0.3) is 0 Å². The molecule has 3 rings (SSSR count). The highest BCUT2D eigenvalue weighted by atomic mass is 32.2. The predicted molar refractivity (Wildman–Crippen MR) is 78.3 cm³/mol. The number of hydrogen-bond donors (Lipinski definition) is 2. The number of anilines is 1. The summed E-state index contributed by atoms with van der Waals surface area (Å²) in [5.74, 6) is 0.885. The third-order valence-electron chi connectivity index (χ3n) is 3.32. The van der Waals surface area contributed by atoms with Crippen LogP contribution in [-0.2, 0) is 10.0 Å². The molecular formula is C14H15N3O3S. The number of nitrogens with two attached hydrogens (primary N) is 1. The van der Waals surface area contributed by atoms with Crippen molar-refractivity contribution in [2.75, 3.05) is 12.3 Å². The van der Waals surface area contributed by atoms with Crippen LogP contribution < -0.4 is 15.2 Å². The van der Waals surface area contributed by atoms with Gasteiger partial charge >= 0.3 is 0 Å². The molecule has 0 fully saturated rings. The molecule has 110 valence electrons. The van der Waals surface area contributed by atoms with Crippen molar-refractivity contribution < 1.29 is 13.2 Å². The number of ether oxygens (including phenoxy) is 1. The highest BCUT2D eigenvalue weighted by Gasteiger charge is 2.26. The van der Waals surface area contributed by atoms with Gasteiger partial charge in [0.1, 0.15) is 11.6 Å². The molecule has 1 atom stereocenters. The van der Waals surface area contributed by atoms with Crippen LogP contribution in [0.25, 0.3) is 0 Å². The smallest absolute Gasteiger partial charge is 0.241 e. The van der Waals surface area contributed by atoms with E-state index in [2.05, 4.69) is 9.71 Å². The third kappa shape index (κ3) is 2.84. The fourth-order valence-electron chi connectivity index (χ4n) is 2.31. The van der Waals surface area contributed by atoms with Gasteiger partial charge < -0.3 is 10.5 Å². The van der Waals surface area contributed by atoms with Crippen molar-refractivity contribution in [2.45, 2.75) is 17.4 Å². The molecule has 1 aliphatic heterocycles. The maximum absolute atomic E-state index is 12.4. The molecule has 0 aliphatic carbocycles. The maximum atomic E-state index is 12.4. The first kappa shape index (κ1) is 13.8. The Morgan fingerprint density at radius 2 is 2.10 bits per heavy atom. The van der Waals surface area contributed by atoms with E-state index in [1.807, 2.05) is 24.3 Å². The zero-order valence-electron chi connectivity index (χ0n) is 11.2. The Bertz CT molecular complexity index is 762. The van der Waals surface area contributed by atoms with E-state index in [0.717, 1.165) is 5.56 Å². The molecule has 6 nitrogen and oxygen atoms in total. The number of hydrogen-bond acceptors (Lipinski definition) is 5. The summed E-state index contributed by atoms with van der Waals surface area (Å²) in [7, 11) is -3.65. The number of nitrogens with one attached hydrogen (secondary N) is 1. The van der Waals surface area contributed by atoms with Gasteiger partial charge in [-0.05, 0) is 12.1 Å². The second-order valence-electron chi connectivity index (χ2n) is 4.77. The van der Waals surface area contributed by atoms with Crippen molar-refractivity contribution in [1.29, 1.82) is 0 Å². The van der Waals surface area contributed by atoms with Crippen molar-refractivity contribution in [2.24, 2.45) is 0 Å². The molecule has 1 aliphatic rings. The lowest BCUT2D eigenvalue weighted by Crippen LogP contribution is -2.32. The zero-order valence-corrected chi connectivity index (χ0v) is 12.0. The van der Waals surface area contributed by atoms with Crippen LogP contribution in [0.15, 0.2) is 47.5 Å². The molecule has 3 N–H and O–H groups in total. The van der Waals surface area contributed by atoms with Crippen LogP contribution in [0, 0.1) is 0 Å². The van der Waals surface area contributed by atoms with E-state index in [9.17, 15) is 8.42 Å². The maximum Gasteiger partial charge on any atom is 0.241 e. The van der Waals surface area contributed by atoms with Gasteiger partial charge in [-0.15, -0.1) is 0 Å². The van der Waals surface area contributed by atoms with Gasteiger partial charge in [0.2, 0.25) is 10.0 Å². The summed E-state index contributed by atoms with van der Waals surface area (Å²) in [6, 6.07) is 9.87.